The molecule has 4 heterocycles. The fraction of sp³-hybridized carbons (Fsp3) is 0.450. The SMILES string of the molecule is Cc1cc(-c2c(C3CC3)nc3ccc(N4CCNC(C)C4)nn23)ccn1. The number of hydrogen-bond acceptors (Lipinski definition) is 5. The molecule has 3 aromatic heterocycles. The quantitative estimate of drug-likeness (QED) is 0.789. The zero-order valence-corrected chi connectivity index (χ0v) is 15.3. The summed E-state index contributed by atoms with van der Waals surface area (Å²) in [5.41, 5.74) is 5.44. The standard InChI is InChI=1S/C20H24N6/c1-13-11-16(7-8-21-13)20-19(15-3-4-15)23-17-5-6-18(24-26(17)20)25-10-9-22-14(2)12-25/h5-8,11,14-15,22H,3-4,9-10,12H2,1-2H3. The summed E-state index contributed by atoms with van der Waals surface area (Å²) in [7, 11) is 0. The van der Waals surface area contributed by atoms with Gasteiger partial charge in [-0.15, -0.1) is 5.10 Å². The summed E-state index contributed by atoms with van der Waals surface area (Å²) in [6.45, 7) is 7.21. The lowest BCUT2D eigenvalue weighted by molar-refractivity contribution is 0.481. The predicted octanol–water partition coefficient (Wildman–Crippen LogP) is 2.78. The molecule has 2 fully saturated rings. The zero-order valence-electron chi connectivity index (χ0n) is 15.3. The Morgan fingerprint density at radius 1 is 1.19 bits per heavy atom. The van der Waals surface area contributed by atoms with Crippen molar-refractivity contribution < 1.29 is 0 Å². The van der Waals surface area contributed by atoms with Gasteiger partial charge in [-0.05, 0) is 51.0 Å². The fourth-order valence-electron chi connectivity index (χ4n) is 3.85. The van der Waals surface area contributed by atoms with Gasteiger partial charge in [-0.25, -0.2) is 9.50 Å². The number of piperazine rings is 1. The first-order valence-corrected chi connectivity index (χ1v) is 9.50. The number of imidazole rings is 1. The first-order chi connectivity index (χ1) is 12.7. The van der Waals surface area contributed by atoms with Crippen LogP contribution in [-0.4, -0.2) is 45.3 Å². The first-order valence-electron chi connectivity index (χ1n) is 9.50. The molecule has 1 saturated carbocycles. The second-order valence-electron chi connectivity index (χ2n) is 7.57. The molecule has 1 unspecified atom stereocenters. The van der Waals surface area contributed by atoms with Gasteiger partial charge in [-0.1, -0.05) is 0 Å². The van der Waals surface area contributed by atoms with Crippen molar-refractivity contribution in [2.45, 2.75) is 38.6 Å². The summed E-state index contributed by atoms with van der Waals surface area (Å²) in [6, 6.07) is 8.91. The van der Waals surface area contributed by atoms with Crippen LogP contribution in [0.1, 0.15) is 37.1 Å². The van der Waals surface area contributed by atoms with Gasteiger partial charge in [0.1, 0.15) is 5.82 Å². The van der Waals surface area contributed by atoms with Crippen LogP contribution < -0.4 is 10.2 Å². The Morgan fingerprint density at radius 3 is 2.85 bits per heavy atom. The molecule has 1 aliphatic carbocycles. The molecule has 6 heteroatoms. The third-order valence-corrected chi connectivity index (χ3v) is 5.32. The maximum atomic E-state index is 5.00. The van der Waals surface area contributed by atoms with Crippen LogP contribution in [0.3, 0.4) is 0 Å². The van der Waals surface area contributed by atoms with Crippen LogP contribution in [0.25, 0.3) is 16.9 Å². The molecule has 1 N–H and O–H groups in total. The van der Waals surface area contributed by atoms with E-state index in [-0.39, 0.29) is 0 Å². The molecule has 2 aliphatic rings. The summed E-state index contributed by atoms with van der Waals surface area (Å²) in [6.07, 6.45) is 4.33. The van der Waals surface area contributed by atoms with Gasteiger partial charge < -0.3 is 10.2 Å². The van der Waals surface area contributed by atoms with Gasteiger partial charge in [0, 0.05) is 49.0 Å². The van der Waals surface area contributed by atoms with Crippen molar-refractivity contribution in [2.24, 2.45) is 0 Å². The van der Waals surface area contributed by atoms with Gasteiger partial charge in [0.15, 0.2) is 5.65 Å². The highest BCUT2D eigenvalue weighted by atomic mass is 15.3. The number of nitrogens with one attached hydrogen (secondary N) is 1. The van der Waals surface area contributed by atoms with Crippen LogP contribution >= 0.6 is 0 Å². The number of aryl methyl sites for hydroxylation is 1. The summed E-state index contributed by atoms with van der Waals surface area (Å²) in [5, 5.41) is 8.50. The largest absolute Gasteiger partial charge is 0.352 e. The van der Waals surface area contributed by atoms with Gasteiger partial charge in [0.05, 0.1) is 11.4 Å². The molecule has 0 spiro atoms. The van der Waals surface area contributed by atoms with Gasteiger partial charge in [-0.2, -0.15) is 0 Å². The number of rotatable bonds is 3. The van der Waals surface area contributed by atoms with Crippen LogP contribution in [-0.2, 0) is 0 Å². The number of fused-ring (bicyclic) bond motifs is 1. The third-order valence-electron chi connectivity index (χ3n) is 5.32. The lowest BCUT2D eigenvalue weighted by Crippen LogP contribution is -2.49. The summed E-state index contributed by atoms with van der Waals surface area (Å²) < 4.78 is 2.05. The molecule has 1 saturated heterocycles. The van der Waals surface area contributed by atoms with Crippen molar-refractivity contribution in [2.75, 3.05) is 24.5 Å². The fourth-order valence-corrected chi connectivity index (χ4v) is 3.85. The van der Waals surface area contributed by atoms with Crippen LogP contribution in [0.4, 0.5) is 5.82 Å². The smallest absolute Gasteiger partial charge is 0.154 e. The lowest BCUT2D eigenvalue weighted by Gasteiger charge is -2.32. The van der Waals surface area contributed by atoms with E-state index in [1.54, 1.807) is 0 Å². The molecule has 0 bridgehead atoms. The van der Waals surface area contributed by atoms with Crippen LogP contribution in [0.5, 0.6) is 0 Å². The van der Waals surface area contributed by atoms with Crippen LogP contribution in [0, 0.1) is 6.92 Å². The van der Waals surface area contributed by atoms with Gasteiger partial charge in [0.2, 0.25) is 0 Å². The Balaban J connectivity index is 1.65. The Morgan fingerprint density at radius 2 is 2.08 bits per heavy atom. The Bertz CT molecular complexity index is 958. The van der Waals surface area contributed by atoms with Crippen molar-refractivity contribution in [3.8, 4) is 11.3 Å². The van der Waals surface area contributed by atoms with Crippen molar-refractivity contribution in [1.29, 1.82) is 0 Å². The topological polar surface area (TPSA) is 58.4 Å². The van der Waals surface area contributed by atoms with E-state index in [4.69, 9.17) is 10.1 Å². The molecular formula is C20H24N6. The van der Waals surface area contributed by atoms with E-state index in [2.05, 4.69) is 46.4 Å². The molecule has 3 aromatic rings. The van der Waals surface area contributed by atoms with Gasteiger partial charge in [-0.3, -0.25) is 4.98 Å². The molecule has 0 aromatic carbocycles. The number of nitrogens with zero attached hydrogens (tertiary/aromatic N) is 5. The first kappa shape index (κ1) is 15.8. The summed E-state index contributed by atoms with van der Waals surface area (Å²) in [5.74, 6) is 1.60. The molecule has 1 atom stereocenters. The molecule has 0 amide bonds. The minimum Gasteiger partial charge on any atom is -0.352 e. The normalized spacial score (nSPS) is 20.7. The second kappa shape index (κ2) is 6.06. The highest BCUT2D eigenvalue weighted by Crippen LogP contribution is 2.44. The van der Waals surface area contributed by atoms with Crippen molar-refractivity contribution in [1.82, 2.24) is 24.9 Å². The average molecular weight is 348 g/mol. The highest BCUT2D eigenvalue weighted by molar-refractivity contribution is 5.68. The molecule has 5 rings (SSSR count). The van der Waals surface area contributed by atoms with Crippen molar-refractivity contribution in [3.05, 3.63) is 41.9 Å². The molecule has 134 valence electrons. The zero-order chi connectivity index (χ0) is 17.7. The van der Waals surface area contributed by atoms with E-state index in [1.807, 2.05) is 17.6 Å². The van der Waals surface area contributed by atoms with E-state index in [0.717, 1.165) is 48.1 Å². The number of aromatic nitrogens is 4. The predicted molar refractivity (Wildman–Crippen MR) is 103 cm³/mol. The highest BCUT2D eigenvalue weighted by Gasteiger charge is 2.31. The van der Waals surface area contributed by atoms with Gasteiger partial charge in [0.25, 0.3) is 0 Å². The maximum absolute atomic E-state index is 5.00. The Hall–Kier alpha value is -2.47. The van der Waals surface area contributed by atoms with E-state index in [9.17, 15) is 0 Å². The third kappa shape index (κ3) is 2.74. The van der Waals surface area contributed by atoms with Crippen LogP contribution in [0.2, 0.25) is 0 Å². The molecule has 26 heavy (non-hydrogen) atoms. The molecule has 6 nitrogen and oxygen atoms in total. The number of hydrogen-bond donors (Lipinski definition) is 1. The number of anilines is 1. The average Bonchev–Trinajstić information content (AvgIpc) is 3.41. The second-order valence-corrected chi connectivity index (χ2v) is 7.57. The lowest BCUT2D eigenvalue weighted by atomic mass is 10.1. The monoisotopic (exact) mass is 348 g/mol. The Kier molecular flexibility index (Phi) is 3.67. The molecule has 0 radical (unpaired) electrons. The van der Waals surface area contributed by atoms with Crippen molar-refractivity contribution >= 4 is 11.5 Å². The van der Waals surface area contributed by atoms with Crippen LogP contribution in [0.15, 0.2) is 30.5 Å². The van der Waals surface area contributed by atoms with E-state index >= 15 is 0 Å². The van der Waals surface area contributed by atoms with E-state index in [0.29, 0.717) is 12.0 Å². The van der Waals surface area contributed by atoms with E-state index in [1.165, 1.54) is 18.5 Å². The summed E-state index contributed by atoms with van der Waals surface area (Å²) >= 11 is 0. The summed E-state index contributed by atoms with van der Waals surface area (Å²) in [4.78, 5) is 11.6. The minimum atomic E-state index is 0.480. The molecule has 1 aliphatic heterocycles. The molecular weight excluding hydrogens is 324 g/mol. The Labute approximate surface area is 153 Å². The van der Waals surface area contributed by atoms with E-state index < -0.39 is 0 Å². The maximum Gasteiger partial charge on any atom is 0.154 e. The van der Waals surface area contributed by atoms with Crippen molar-refractivity contribution in [3.63, 3.8) is 0 Å². The number of pyridine rings is 1. The van der Waals surface area contributed by atoms with Gasteiger partial charge >= 0.3 is 0 Å². The minimum absolute atomic E-state index is 0.480.